The highest BCUT2D eigenvalue weighted by atomic mass is 16.4. The Balaban J connectivity index is 1.79. The second-order valence-corrected chi connectivity index (χ2v) is 5.01. The molecule has 3 heteroatoms. The minimum Gasteiger partial charge on any atom is -0.481 e. The first kappa shape index (κ1) is 10.9. The van der Waals surface area contributed by atoms with Crippen LogP contribution >= 0.6 is 0 Å². The van der Waals surface area contributed by atoms with Crippen LogP contribution in [0.5, 0.6) is 0 Å². The number of rotatable bonds is 2. The van der Waals surface area contributed by atoms with E-state index in [0.29, 0.717) is 6.04 Å². The molecule has 0 aromatic carbocycles. The average molecular weight is 211 g/mol. The molecule has 86 valence electrons. The van der Waals surface area contributed by atoms with Gasteiger partial charge in [-0.25, -0.2) is 0 Å². The summed E-state index contributed by atoms with van der Waals surface area (Å²) in [6.07, 6.45) is 7.93. The van der Waals surface area contributed by atoms with Crippen LogP contribution in [0.15, 0.2) is 0 Å². The zero-order valence-electron chi connectivity index (χ0n) is 9.24. The fraction of sp³-hybridized carbons (Fsp3) is 0.917. The minimum absolute atomic E-state index is 0.0650. The number of piperidine rings is 1. The van der Waals surface area contributed by atoms with E-state index in [0.717, 1.165) is 38.1 Å². The standard InChI is InChI=1S/C12H21NO2/c14-12(15)10-6-4-9(5-7-10)11-3-1-2-8-13-11/h9-11,13H,1-8H2,(H,14,15). The Kier molecular flexibility index (Phi) is 3.62. The summed E-state index contributed by atoms with van der Waals surface area (Å²) in [5.74, 6) is 0.0794. The van der Waals surface area contributed by atoms with Crippen molar-refractivity contribution in [2.24, 2.45) is 11.8 Å². The molecule has 0 aromatic rings. The Morgan fingerprint density at radius 1 is 1.07 bits per heavy atom. The molecule has 1 aliphatic heterocycles. The van der Waals surface area contributed by atoms with Crippen LogP contribution in [-0.2, 0) is 4.79 Å². The first-order valence-corrected chi connectivity index (χ1v) is 6.23. The largest absolute Gasteiger partial charge is 0.481 e. The molecule has 1 heterocycles. The van der Waals surface area contributed by atoms with Crippen LogP contribution in [-0.4, -0.2) is 23.7 Å². The summed E-state index contributed by atoms with van der Waals surface area (Å²) in [6.45, 7) is 1.16. The van der Waals surface area contributed by atoms with Crippen molar-refractivity contribution in [1.82, 2.24) is 5.32 Å². The van der Waals surface area contributed by atoms with Crippen molar-refractivity contribution in [3.63, 3.8) is 0 Å². The van der Waals surface area contributed by atoms with E-state index in [-0.39, 0.29) is 5.92 Å². The second kappa shape index (κ2) is 4.97. The van der Waals surface area contributed by atoms with Gasteiger partial charge in [0.15, 0.2) is 0 Å². The molecular formula is C12H21NO2. The first-order chi connectivity index (χ1) is 7.27. The number of carboxylic acids is 1. The number of nitrogens with one attached hydrogen (secondary N) is 1. The molecule has 0 amide bonds. The lowest BCUT2D eigenvalue weighted by molar-refractivity contribution is -0.143. The van der Waals surface area contributed by atoms with Gasteiger partial charge >= 0.3 is 5.97 Å². The lowest BCUT2D eigenvalue weighted by atomic mass is 9.76. The summed E-state index contributed by atoms with van der Waals surface area (Å²) in [6, 6.07) is 0.675. The van der Waals surface area contributed by atoms with E-state index in [4.69, 9.17) is 5.11 Å². The van der Waals surface area contributed by atoms with Gasteiger partial charge in [0.1, 0.15) is 0 Å². The fourth-order valence-corrected chi connectivity index (χ4v) is 3.05. The predicted molar refractivity (Wildman–Crippen MR) is 58.7 cm³/mol. The molecule has 1 atom stereocenters. The van der Waals surface area contributed by atoms with Gasteiger partial charge in [0.05, 0.1) is 5.92 Å². The average Bonchev–Trinajstić information content (AvgIpc) is 2.30. The highest BCUT2D eigenvalue weighted by Crippen LogP contribution is 2.33. The zero-order valence-corrected chi connectivity index (χ0v) is 9.24. The lowest BCUT2D eigenvalue weighted by Gasteiger charge is -2.35. The van der Waals surface area contributed by atoms with Gasteiger partial charge in [-0.05, 0) is 51.0 Å². The van der Waals surface area contributed by atoms with Gasteiger partial charge in [0, 0.05) is 6.04 Å². The number of hydrogen-bond acceptors (Lipinski definition) is 2. The van der Waals surface area contributed by atoms with Crippen molar-refractivity contribution in [1.29, 1.82) is 0 Å². The van der Waals surface area contributed by atoms with Crippen molar-refractivity contribution >= 4 is 5.97 Å². The van der Waals surface area contributed by atoms with E-state index >= 15 is 0 Å². The van der Waals surface area contributed by atoms with Crippen LogP contribution < -0.4 is 5.32 Å². The maximum atomic E-state index is 10.8. The molecule has 1 aliphatic carbocycles. The summed E-state index contributed by atoms with van der Waals surface area (Å²) in [7, 11) is 0. The zero-order chi connectivity index (χ0) is 10.7. The third-order valence-electron chi connectivity index (χ3n) is 4.04. The molecule has 0 radical (unpaired) electrons. The van der Waals surface area contributed by atoms with Gasteiger partial charge < -0.3 is 10.4 Å². The maximum Gasteiger partial charge on any atom is 0.306 e. The third kappa shape index (κ3) is 2.71. The SMILES string of the molecule is O=C(O)C1CCC(C2CCCCN2)CC1. The molecule has 0 bridgehead atoms. The van der Waals surface area contributed by atoms with Gasteiger partial charge in [-0.15, -0.1) is 0 Å². The quantitative estimate of drug-likeness (QED) is 0.734. The molecule has 1 saturated heterocycles. The number of hydrogen-bond donors (Lipinski definition) is 2. The summed E-state index contributed by atoms with van der Waals surface area (Å²) in [5, 5.41) is 12.5. The van der Waals surface area contributed by atoms with E-state index in [1.165, 1.54) is 19.3 Å². The van der Waals surface area contributed by atoms with Crippen molar-refractivity contribution in [2.45, 2.75) is 51.0 Å². The summed E-state index contributed by atoms with van der Waals surface area (Å²) in [4.78, 5) is 10.8. The van der Waals surface area contributed by atoms with E-state index in [1.54, 1.807) is 0 Å². The van der Waals surface area contributed by atoms with Crippen LogP contribution in [0.25, 0.3) is 0 Å². The van der Waals surface area contributed by atoms with Gasteiger partial charge in [0.2, 0.25) is 0 Å². The lowest BCUT2D eigenvalue weighted by Crippen LogP contribution is -2.41. The molecule has 1 unspecified atom stereocenters. The molecular weight excluding hydrogens is 190 g/mol. The molecule has 0 aromatic heterocycles. The smallest absolute Gasteiger partial charge is 0.306 e. The third-order valence-corrected chi connectivity index (χ3v) is 4.04. The van der Waals surface area contributed by atoms with Crippen LogP contribution in [0.1, 0.15) is 44.9 Å². The molecule has 15 heavy (non-hydrogen) atoms. The first-order valence-electron chi connectivity index (χ1n) is 6.23. The highest BCUT2D eigenvalue weighted by Gasteiger charge is 2.30. The summed E-state index contributed by atoms with van der Waals surface area (Å²) < 4.78 is 0. The number of aliphatic carboxylic acids is 1. The van der Waals surface area contributed by atoms with Crippen molar-refractivity contribution in [3.8, 4) is 0 Å². The van der Waals surface area contributed by atoms with Crippen LogP contribution in [0.3, 0.4) is 0 Å². The van der Waals surface area contributed by atoms with Crippen molar-refractivity contribution in [3.05, 3.63) is 0 Å². The molecule has 2 aliphatic rings. The highest BCUT2D eigenvalue weighted by molar-refractivity contribution is 5.69. The van der Waals surface area contributed by atoms with Crippen LogP contribution in [0.2, 0.25) is 0 Å². The van der Waals surface area contributed by atoms with E-state index in [9.17, 15) is 4.79 Å². The molecule has 1 saturated carbocycles. The van der Waals surface area contributed by atoms with Crippen LogP contribution in [0, 0.1) is 11.8 Å². The van der Waals surface area contributed by atoms with Gasteiger partial charge in [-0.2, -0.15) is 0 Å². The Bertz CT molecular complexity index is 216. The topological polar surface area (TPSA) is 49.3 Å². The Labute approximate surface area is 91.2 Å². The number of carbonyl (C=O) groups is 1. The van der Waals surface area contributed by atoms with Crippen molar-refractivity contribution in [2.75, 3.05) is 6.54 Å². The van der Waals surface area contributed by atoms with Crippen molar-refractivity contribution < 1.29 is 9.90 Å². The molecule has 2 fully saturated rings. The summed E-state index contributed by atoms with van der Waals surface area (Å²) in [5.41, 5.74) is 0. The predicted octanol–water partition coefficient (Wildman–Crippen LogP) is 2.02. The minimum atomic E-state index is -0.593. The van der Waals surface area contributed by atoms with Gasteiger partial charge in [-0.3, -0.25) is 4.79 Å². The molecule has 2 rings (SSSR count). The van der Waals surface area contributed by atoms with E-state index in [1.807, 2.05) is 0 Å². The Hall–Kier alpha value is -0.570. The Morgan fingerprint density at radius 2 is 1.80 bits per heavy atom. The van der Waals surface area contributed by atoms with Crippen LogP contribution in [0.4, 0.5) is 0 Å². The van der Waals surface area contributed by atoms with E-state index < -0.39 is 5.97 Å². The van der Waals surface area contributed by atoms with Gasteiger partial charge in [0.25, 0.3) is 0 Å². The summed E-state index contributed by atoms with van der Waals surface area (Å²) >= 11 is 0. The second-order valence-electron chi connectivity index (χ2n) is 5.01. The maximum absolute atomic E-state index is 10.8. The Morgan fingerprint density at radius 3 is 2.33 bits per heavy atom. The number of carboxylic acid groups (broad SMARTS) is 1. The van der Waals surface area contributed by atoms with Gasteiger partial charge in [-0.1, -0.05) is 6.42 Å². The monoisotopic (exact) mass is 211 g/mol. The van der Waals surface area contributed by atoms with E-state index in [2.05, 4.69) is 5.32 Å². The fourth-order valence-electron chi connectivity index (χ4n) is 3.05. The molecule has 0 spiro atoms. The molecule has 3 nitrogen and oxygen atoms in total. The molecule has 2 N–H and O–H groups in total. The normalized spacial score (nSPS) is 37.5.